The van der Waals surface area contributed by atoms with Crippen molar-refractivity contribution in [1.82, 2.24) is 24.3 Å². The first kappa shape index (κ1) is 22.2. The van der Waals surface area contributed by atoms with Crippen molar-refractivity contribution in [2.45, 2.75) is 39.8 Å². The van der Waals surface area contributed by atoms with Crippen LogP contribution in [0.3, 0.4) is 0 Å². The van der Waals surface area contributed by atoms with Crippen molar-refractivity contribution in [2.24, 2.45) is 5.92 Å². The molecule has 0 bridgehead atoms. The van der Waals surface area contributed by atoms with Crippen molar-refractivity contribution in [2.75, 3.05) is 26.2 Å². The number of nitrogens with zero attached hydrogens (tertiary/aromatic N) is 5. The fourth-order valence-corrected chi connectivity index (χ4v) is 4.54. The lowest BCUT2D eigenvalue weighted by atomic mass is 9.95. The second-order valence-electron chi connectivity index (χ2n) is 8.52. The summed E-state index contributed by atoms with van der Waals surface area (Å²) in [5.74, 6) is 1.32. The minimum atomic E-state index is -0.0409. The van der Waals surface area contributed by atoms with Crippen LogP contribution in [0.5, 0.6) is 0 Å². The van der Waals surface area contributed by atoms with Crippen LogP contribution in [-0.4, -0.2) is 56.4 Å². The van der Waals surface area contributed by atoms with Crippen LogP contribution >= 0.6 is 0 Å². The van der Waals surface area contributed by atoms with Crippen LogP contribution in [0.4, 0.5) is 0 Å². The molecule has 0 N–H and O–H groups in total. The van der Waals surface area contributed by atoms with Crippen molar-refractivity contribution in [1.29, 1.82) is 0 Å². The minimum Gasteiger partial charge on any atom is -0.341 e. The molecular formula is C26H33N5O. The maximum Gasteiger partial charge on any atom is 0.227 e. The van der Waals surface area contributed by atoms with Crippen molar-refractivity contribution in [3.05, 3.63) is 72.6 Å². The molecule has 0 unspecified atom stereocenters. The number of aromatic nitrogens is 3. The van der Waals surface area contributed by atoms with Gasteiger partial charge in [-0.3, -0.25) is 14.7 Å². The Bertz CT molecular complexity index is 999. The molecule has 0 saturated carbocycles. The average Bonchev–Trinajstić information content (AvgIpc) is 3.23. The van der Waals surface area contributed by atoms with Crippen LogP contribution in [0, 0.1) is 5.92 Å². The predicted molar refractivity (Wildman–Crippen MR) is 127 cm³/mol. The molecule has 1 aliphatic rings. The Morgan fingerprint density at radius 2 is 1.72 bits per heavy atom. The van der Waals surface area contributed by atoms with Gasteiger partial charge in [-0.25, -0.2) is 4.98 Å². The van der Waals surface area contributed by atoms with Gasteiger partial charge in [0.05, 0.1) is 12.5 Å². The zero-order chi connectivity index (χ0) is 22.3. The summed E-state index contributed by atoms with van der Waals surface area (Å²) in [6.07, 6.45) is 9.27. The molecular weight excluding hydrogens is 398 g/mol. The highest BCUT2D eigenvalue weighted by Crippen LogP contribution is 2.22. The number of aryl methyl sites for hydroxylation is 1. The van der Waals surface area contributed by atoms with E-state index < -0.39 is 0 Å². The highest BCUT2D eigenvalue weighted by Gasteiger charge is 2.30. The maximum absolute atomic E-state index is 13.4. The summed E-state index contributed by atoms with van der Waals surface area (Å²) in [5.41, 5.74) is 3.53. The first-order valence-electron chi connectivity index (χ1n) is 11.7. The molecule has 0 aliphatic carbocycles. The molecule has 1 aliphatic heterocycles. The van der Waals surface area contributed by atoms with E-state index in [4.69, 9.17) is 0 Å². The lowest BCUT2D eigenvalue weighted by molar-refractivity contribution is -0.134. The topological polar surface area (TPSA) is 54.3 Å². The number of amides is 1. The largest absolute Gasteiger partial charge is 0.341 e. The van der Waals surface area contributed by atoms with E-state index in [1.807, 2.05) is 36.9 Å². The number of pyridine rings is 1. The van der Waals surface area contributed by atoms with E-state index in [0.29, 0.717) is 0 Å². The van der Waals surface area contributed by atoms with E-state index in [1.54, 1.807) is 0 Å². The lowest BCUT2D eigenvalue weighted by Crippen LogP contribution is -2.37. The van der Waals surface area contributed by atoms with Crippen molar-refractivity contribution in [3.8, 4) is 11.1 Å². The Kier molecular flexibility index (Phi) is 7.32. The van der Waals surface area contributed by atoms with Crippen molar-refractivity contribution >= 4 is 5.91 Å². The maximum atomic E-state index is 13.4. The highest BCUT2D eigenvalue weighted by molar-refractivity contribution is 5.79. The van der Waals surface area contributed by atoms with Gasteiger partial charge in [0.25, 0.3) is 0 Å². The molecule has 32 heavy (non-hydrogen) atoms. The summed E-state index contributed by atoms with van der Waals surface area (Å²) in [6.45, 7) is 9.24. The molecule has 0 radical (unpaired) electrons. The molecule has 4 rings (SSSR count). The normalized spacial score (nSPS) is 17.5. The summed E-state index contributed by atoms with van der Waals surface area (Å²) >= 11 is 0. The zero-order valence-electron chi connectivity index (χ0n) is 19.2. The fourth-order valence-electron chi connectivity index (χ4n) is 4.54. The first-order chi connectivity index (χ1) is 15.7. The number of carbonyl (C=O) groups is 1. The van der Waals surface area contributed by atoms with Crippen LogP contribution in [0.1, 0.15) is 31.7 Å². The summed E-state index contributed by atoms with van der Waals surface area (Å²) < 4.78 is 2.18. The third-order valence-corrected chi connectivity index (χ3v) is 6.28. The quantitative estimate of drug-likeness (QED) is 0.543. The molecule has 6 heteroatoms. The van der Waals surface area contributed by atoms with Gasteiger partial charge in [0.2, 0.25) is 5.91 Å². The summed E-state index contributed by atoms with van der Waals surface area (Å²) in [4.78, 5) is 26.5. The third-order valence-electron chi connectivity index (χ3n) is 6.28. The molecule has 1 atom stereocenters. The third kappa shape index (κ3) is 5.25. The first-order valence-corrected chi connectivity index (χ1v) is 11.7. The van der Waals surface area contributed by atoms with Crippen LogP contribution < -0.4 is 0 Å². The van der Waals surface area contributed by atoms with Gasteiger partial charge in [-0.2, -0.15) is 0 Å². The molecule has 2 aromatic heterocycles. The summed E-state index contributed by atoms with van der Waals surface area (Å²) in [7, 11) is 0. The van der Waals surface area contributed by atoms with Gasteiger partial charge >= 0.3 is 0 Å². The number of rotatable bonds is 8. The number of hydrogen-bond acceptors (Lipinski definition) is 4. The lowest BCUT2D eigenvalue weighted by Gasteiger charge is -2.24. The predicted octanol–water partition coefficient (Wildman–Crippen LogP) is 3.88. The van der Waals surface area contributed by atoms with Crippen LogP contribution in [0.2, 0.25) is 0 Å². The summed E-state index contributed by atoms with van der Waals surface area (Å²) in [6, 6.07) is 12.6. The Morgan fingerprint density at radius 3 is 2.44 bits per heavy atom. The highest BCUT2D eigenvalue weighted by atomic mass is 16.2. The Hall–Kier alpha value is -2.99. The van der Waals surface area contributed by atoms with E-state index in [-0.39, 0.29) is 11.8 Å². The van der Waals surface area contributed by atoms with E-state index in [1.165, 1.54) is 11.1 Å². The SMILES string of the molecule is CCCN1CCN(Cc2nccn2CC)C[C@H](Cc2ccc(-c3ccncc3)cc2)C1=O. The minimum absolute atomic E-state index is 0.0409. The van der Waals surface area contributed by atoms with Gasteiger partial charge in [0.15, 0.2) is 0 Å². The standard InChI is InChI=1S/C26H33N5O/c1-3-14-31-17-16-29(20-25-28-13-15-30(25)4-2)19-24(26(31)32)18-21-5-7-22(8-6-21)23-9-11-27-12-10-23/h5-13,15,24H,3-4,14,16-20H2,1-2H3/t24-/m0/s1. The van der Waals surface area contributed by atoms with Gasteiger partial charge in [-0.15, -0.1) is 0 Å². The zero-order valence-corrected chi connectivity index (χ0v) is 19.2. The van der Waals surface area contributed by atoms with E-state index >= 15 is 0 Å². The molecule has 3 aromatic rings. The number of imidazole rings is 1. The summed E-state index contributed by atoms with van der Waals surface area (Å²) in [5, 5.41) is 0. The Morgan fingerprint density at radius 1 is 0.969 bits per heavy atom. The fraction of sp³-hybridized carbons (Fsp3) is 0.423. The number of hydrogen-bond donors (Lipinski definition) is 0. The molecule has 1 saturated heterocycles. The monoisotopic (exact) mass is 431 g/mol. The Labute approximate surface area is 190 Å². The molecule has 168 valence electrons. The second-order valence-corrected chi connectivity index (χ2v) is 8.52. The number of carbonyl (C=O) groups excluding carboxylic acids is 1. The van der Waals surface area contributed by atoms with Gasteiger partial charge < -0.3 is 9.47 Å². The molecule has 1 aromatic carbocycles. The van der Waals surface area contributed by atoms with Crippen molar-refractivity contribution in [3.63, 3.8) is 0 Å². The second kappa shape index (κ2) is 10.6. The van der Waals surface area contributed by atoms with Gasteiger partial charge in [-0.05, 0) is 48.6 Å². The van der Waals surface area contributed by atoms with E-state index in [2.05, 4.69) is 62.4 Å². The average molecular weight is 432 g/mol. The molecule has 6 nitrogen and oxygen atoms in total. The molecule has 0 spiro atoms. The van der Waals surface area contributed by atoms with Crippen LogP contribution in [0.25, 0.3) is 11.1 Å². The molecule has 1 fully saturated rings. The van der Waals surface area contributed by atoms with Gasteiger partial charge in [-0.1, -0.05) is 31.2 Å². The number of benzene rings is 1. The smallest absolute Gasteiger partial charge is 0.227 e. The van der Waals surface area contributed by atoms with Gasteiger partial charge in [0.1, 0.15) is 5.82 Å². The van der Waals surface area contributed by atoms with Gasteiger partial charge in [0, 0.05) is 57.5 Å². The molecule has 3 heterocycles. The van der Waals surface area contributed by atoms with E-state index in [9.17, 15) is 4.79 Å². The van der Waals surface area contributed by atoms with Crippen LogP contribution in [-0.2, 0) is 24.3 Å². The Balaban J connectivity index is 1.50. The molecule has 1 amide bonds. The van der Waals surface area contributed by atoms with Crippen LogP contribution in [0.15, 0.2) is 61.2 Å². The van der Waals surface area contributed by atoms with Crippen molar-refractivity contribution < 1.29 is 4.79 Å². The van der Waals surface area contributed by atoms with E-state index in [0.717, 1.165) is 63.5 Å².